The fourth-order valence-electron chi connectivity index (χ4n) is 2.00. The first-order valence-electron chi connectivity index (χ1n) is 6.10. The molecule has 0 spiro atoms. The van der Waals surface area contributed by atoms with E-state index < -0.39 is 24.5 Å². The Balaban J connectivity index is 1.94. The maximum absolute atomic E-state index is 11.9. The highest BCUT2D eigenvalue weighted by molar-refractivity contribution is 6.52. The Morgan fingerprint density at radius 3 is 2.62 bits per heavy atom. The third-order valence-corrected chi connectivity index (χ3v) is 3.11. The Hall–Kier alpha value is -1.60. The molecule has 1 aromatic carbocycles. The summed E-state index contributed by atoms with van der Waals surface area (Å²) in [5.41, 5.74) is 0.633. The van der Waals surface area contributed by atoms with Crippen LogP contribution in [-0.2, 0) is 9.53 Å². The molecule has 0 aromatic heterocycles. The molecular formula is C13H11ClF3NO3. The van der Waals surface area contributed by atoms with Gasteiger partial charge in [0, 0.05) is 18.2 Å². The van der Waals surface area contributed by atoms with Gasteiger partial charge in [-0.25, -0.2) is 0 Å². The molecule has 2 rings (SSSR count). The summed E-state index contributed by atoms with van der Waals surface area (Å²) in [6, 6.07) is 4.44. The van der Waals surface area contributed by atoms with Crippen LogP contribution >= 0.6 is 11.6 Å². The Kier molecular flexibility index (Phi) is 4.53. The molecule has 1 aromatic rings. The van der Waals surface area contributed by atoms with Crippen LogP contribution in [-0.4, -0.2) is 37.6 Å². The van der Waals surface area contributed by atoms with Crippen molar-refractivity contribution in [3.8, 4) is 0 Å². The second-order valence-electron chi connectivity index (χ2n) is 4.47. The maximum atomic E-state index is 11.9. The number of fused-ring (bicyclic) bond motifs is 1. The molecule has 0 N–H and O–H groups in total. The van der Waals surface area contributed by atoms with Crippen LogP contribution in [0.15, 0.2) is 18.2 Å². The minimum atomic E-state index is -4.38. The molecule has 0 fully saturated rings. The zero-order valence-corrected chi connectivity index (χ0v) is 11.5. The summed E-state index contributed by atoms with van der Waals surface area (Å²) in [4.78, 5) is 24.7. The van der Waals surface area contributed by atoms with Crippen LogP contribution in [0.3, 0.4) is 0 Å². The number of rotatable bonds is 5. The number of Topliss-reactive ketones (excluding diaryl/α,β-unsaturated/α-hetero) is 1. The fourth-order valence-corrected chi connectivity index (χ4v) is 2.17. The third kappa shape index (κ3) is 3.74. The van der Waals surface area contributed by atoms with Crippen molar-refractivity contribution in [1.29, 1.82) is 0 Å². The van der Waals surface area contributed by atoms with Gasteiger partial charge in [-0.05, 0) is 24.6 Å². The average Bonchev–Trinajstić information content (AvgIpc) is 2.61. The number of benzene rings is 1. The molecule has 114 valence electrons. The Bertz CT molecular complexity index is 574. The molecule has 1 aliphatic heterocycles. The zero-order valence-electron chi connectivity index (χ0n) is 10.7. The highest BCUT2D eigenvalue weighted by Gasteiger charge is 2.35. The second kappa shape index (κ2) is 6.03. The van der Waals surface area contributed by atoms with Gasteiger partial charge in [-0.15, -0.1) is 0 Å². The van der Waals surface area contributed by atoms with E-state index in [2.05, 4.69) is 4.74 Å². The summed E-state index contributed by atoms with van der Waals surface area (Å²) < 4.78 is 40.1. The molecular weight excluding hydrogens is 311 g/mol. The summed E-state index contributed by atoms with van der Waals surface area (Å²) in [6.45, 7) is -1.40. The van der Waals surface area contributed by atoms with Gasteiger partial charge < -0.3 is 9.64 Å². The molecule has 4 nitrogen and oxygen atoms in total. The Labute approximate surface area is 123 Å². The highest BCUT2D eigenvalue weighted by atomic mass is 35.5. The number of halogens is 4. The third-order valence-electron chi connectivity index (χ3n) is 2.87. The van der Waals surface area contributed by atoms with Crippen LogP contribution in [0.25, 0.3) is 0 Å². The first-order chi connectivity index (χ1) is 9.79. The van der Waals surface area contributed by atoms with E-state index in [9.17, 15) is 22.8 Å². The van der Waals surface area contributed by atoms with Crippen molar-refractivity contribution in [3.05, 3.63) is 28.8 Å². The molecule has 0 saturated carbocycles. The van der Waals surface area contributed by atoms with E-state index in [0.29, 0.717) is 10.7 Å². The molecule has 0 radical (unpaired) electrons. The standard InChI is InChI=1S/C13H11ClF3NO3/c14-8-2-3-9-10(6-8)18(12(20)11(9)19)4-1-5-21-7-13(15,16)17/h2-3,6H,1,4-5,7H2. The SMILES string of the molecule is O=C1C(=O)N(CCCOCC(F)(F)F)c2cc(Cl)ccc21. The minimum absolute atomic E-state index is 0.0930. The lowest BCUT2D eigenvalue weighted by molar-refractivity contribution is -0.173. The van der Waals surface area contributed by atoms with Crippen molar-refractivity contribution < 1.29 is 27.5 Å². The molecule has 0 bridgehead atoms. The maximum Gasteiger partial charge on any atom is 0.411 e. The number of anilines is 1. The van der Waals surface area contributed by atoms with E-state index in [1.54, 1.807) is 0 Å². The van der Waals surface area contributed by atoms with E-state index in [4.69, 9.17) is 11.6 Å². The fraction of sp³-hybridized carbons (Fsp3) is 0.385. The normalized spacial score (nSPS) is 14.8. The first-order valence-corrected chi connectivity index (χ1v) is 6.47. The molecule has 1 aliphatic rings. The van der Waals surface area contributed by atoms with Gasteiger partial charge in [-0.2, -0.15) is 13.2 Å². The molecule has 0 unspecified atom stereocenters. The van der Waals surface area contributed by atoms with Gasteiger partial charge in [0.1, 0.15) is 6.61 Å². The predicted molar refractivity (Wildman–Crippen MR) is 69.6 cm³/mol. The van der Waals surface area contributed by atoms with E-state index in [0.717, 1.165) is 0 Å². The number of ether oxygens (including phenoxy) is 1. The molecule has 1 heterocycles. The molecule has 0 aliphatic carbocycles. The smallest absolute Gasteiger partial charge is 0.372 e. The summed E-state index contributed by atoms with van der Waals surface area (Å²) in [6.07, 6.45) is -4.19. The number of amides is 1. The number of ketones is 1. The van der Waals surface area contributed by atoms with E-state index in [1.807, 2.05) is 0 Å². The number of carbonyl (C=O) groups excluding carboxylic acids is 2. The summed E-state index contributed by atoms with van der Waals surface area (Å²) in [7, 11) is 0. The molecule has 0 saturated heterocycles. The number of nitrogens with zero attached hydrogens (tertiary/aromatic N) is 1. The summed E-state index contributed by atoms with van der Waals surface area (Å²) in [5, 5.41) is 0.370. The zero-order chi connectivity index (χ0) is 15.6. The first kappa shape index (κ1) is 15.8. The van der Waals surface area contributed by atoms with Crippen LogP contribution in [0.2, 0.25) is 5.02 Å². The van der Waals surface area contributed by atoms with Gasteiger partial charge in [-0.3, -0.25) is 9.59 Å². The van der Waals surface area contributed by atoms with E-state index >= 15 is 0 Å². The van der Waals surface area contributed by atoms with Gasteiger partial charge in [0.15, 0.2) is 0 Å². The van der Waals surface area contributed by atoms with Crippen LogP contribution in [0.4, 0.5) is 18.9 Å². The lowest BCUT2D eigenvalue weighted by Gasteiger charge is -2.16. The monoisotopic (exact) mass is 321 g/mol. The van der Waals surface area contributed by atoms with Crippen molar-refractivity contribution >= 4 is 29.0 Å². The van der Waals surface area contributed by atoms with Gasteiger partial charge in [0.25, 0.3) is 11.7 Å². The van der Waals surface area contributed by atoms with Gasteiger partial charge in [0.05, 0.1) is 11.3 Å². The molecule has 8 heteroatoms. The van der Waals surface area contributed by atoms with Gasteiger partial charge in [0.2, 0.25) is 0 Å². The number of carbonyl (C=O) groups is 2. The predicted octanol–water partition coefficient (Wildman–Crippen LogP) is 2.84. The molecule has 21 heavy (non-hydrogen) atoms. The van der Waals surface area contributed by atoms with E-state index in [1.165, 1.54) is 23.1 Å². The van der Waals surface area contributed by atoms with Crippen molar-refractivity contribution in [3.63, 3.8) is 0 Å². The van der Waals surface area contributed by atoms with Gasteiger partial charge >= 0.3 is 6.18 Å². The Morgan fingerprint density at radius 2 is 1.95 bits per heavy atom. The van der Waals surface area contributed by atoms with Crippen molar-refractivity contribution in [2.45, 2.75) is 12.6 Å². The van der Waals surface area contributed by atoms with Crippen LogP contribution < -0.4 is 4.90 Å². The van der Waals surface area contributed by atoms with Crippen LogP contribution in [0.1, 0.15) is 16.8 Å². The van der Waals surface area contributed by atoms with E-state index in [-0.39, 0.29) is 25.1 Å². The number of hydrogen-bond acceptors (Lipinski definition) is 3. The topological polar surface area (TPSA) is 46.6 Å². The highest BCUT2D eigenvalue weighted by Crippen LogP contribution is 2.31. The van der Waals surface area contributed by atoms with Gasteiger partial charge in [-0.1, -0.05) is 11.6 Å². The van der Waals surface area contributed by atoms with Crippen molar-refractivity contribution in [1.82, 2.24) is 0 Å². The van der Waals surface area contributed by atoms with Crippen molar-refractivity contribution in [2.75, 3.05) is 24.7 Å². The largest absolute Gasteiger partial charge is 0.411 e. The molecule has 0 atom stereocenters. The lowest BCUT2D eigenvalue weighted by atomic mass is 10.1. The summed E-state index contributed by atoms with van der Waals surface area (Å²) >= 11 is 5.82. The molecule has 1 amide bonds. The van der Waals surface area contributed by atoms with Crippen molar-refractivity contribution in [2.24, 2.45) is 0 Å². The quantitative estimate of drug-likeness (QED) is 0.619. The van der Waals surface area contributed by atoms with Crippen LogP contribution in [0, 0.1) is 0 Å². The minimum Gasteiger partial charge on any atom is -0.372 e. The second-order valence-corrected chi connectivity index (χ2v) is 4.91. The average molecular weight is 322 g/mol. The summed E-state index contributed by atoms with van der Waals surface area (Å²) in [5.74, 6) is -1.35. The number of hydrogen-bond donors (Lipinski definition) is 0. The number of alkyl halides is 3. The van der Waals surface area contributed by atoms with Crippen LogP contribution in [0.5, 0.6) is 0 Å². The lowest BCUT2D eigenvalue weighted by Crippen LogP contribution is -2.31. The Morgan fingerprint density at radius 1 is 1.24 bits per heavy atom.